The van der Waals surface area contributed by atoms with E-state index in [0.29, 0.717) is 6.54 Å². The van der Waals surface area contributed by atoms with Gasteiger partial charge in [0.15, 0.2) is 0 Å². The molecule has 138 valence electrons. The Labute approximate surface area is 155 Å². The summed E-state index contributed by atoms with van der Waals surface area (Å²) >= 11 is 0. The van der Waals surface area contributed by atoms with E-state index in [0.717, 1.165) is 10.5 Å². The molecule has 0 aliphatic carbocycles. The summed E-state index contributed by atoms with van der Waals surface area (Å²) in [4.78, 5) is 53.8. The van der Waals surface area contributed by atoms with E-state index in [-0.39, 0.29) is 35.7 Å². The van der Waals surface area contributed by atoms with Crippen molar-refractivity contribution in [2.24, 2.45) is 0 Å². The first kappa shape index (κ1) is 18.2. The molecule has 0 saturated carbocycles. The van der Waals surface area contributed by atoms with Crippen LogP contribution in [0.15, 0.2) is 42.7 Å². The van der Waals surface area contributed by atoms with Crippen molar-refractivity contribution in [2.75, 3.05) is 13.1 Å². The van der Waals surface area contributed by atoms with Crippen molar-refractivity contribution in [3.05, 3.63) is 65.0 Å². The van der Waals surface area contributed by atoms with Gasteiger partial charge in [0.25, 0.3) is 17.7 Å². The molecule has 1 aliphatic heterocycles. The Bertz CT molecular complexity index is 911. The molecule has 4 amide bonds. The molecule has 8 heteroatoms. The van der Waals surface area contributed by atoms with Crippen LogP contribution in [-0.2, 0) is 11.3 Å². The Hall–Kier alpha value is -3.55. The van der Waals surface area contributed by atoms with E-state index >= 15 is 0 Å². The molecule has 0 fully saturated rings. The van der Waals surface area contributed by atoms with Crippen molar-refractivity contribution in [1.82, 2.24) is 20.5 Å². The largest absolute Gasteiger partial charge is 0.355 e. The van der Waals surface area contributed by atoms with Crippen LogP contribution in [0.25, 0.3) is 0 Å². The number of imide groups is 1. The first-order chi connectivity index (χ1) is 13.0. The van der Waals surface area contributed by atoms with Gasteiger partial charge in [-0.25, -0.2) is 0 Å². The zero-order valence-electron chi connectivity index (χ0n) is 14.7. The van der Waals surface area contributed by atoms with Gasteiger partial charge < -0.3 is 10.6 Å². The zero-order valence-corrected chi connectivity index (χ0v) is 14.7. The summed E-state index contributed by atoms with van der Waals surface area (Å²) in [6.07, 6.45) is 3.18. The molecule has 3 rings (SSSR count). The zero-order chi connectivity index (χ0) is 19.4. The van der Waals surface area contributed by atoms with E-state index in [2.05, 4.69) is 15.6 Å². The summed E-state index contributed by atoms with van der Waals surface area (Å²) in [6.45, 7) is 2.22. The third-order valence-electron chi connectivity index (χ3n) is 4.11. The van der Waals surface area contributed by atoms with Crippen molar-refractivity contribution in [3.8, 4) is 0 Å². The fraction of sp³-hybridized carbons (Fsp3) is 0.211. The third kappa shape index (κ3) is 3.84. The maximum atomic E-state index is 12.6. The summed E-state index contributed by atoms with van der Waals surface area (Å²) in [6, 6.07) is 7.76. The quantitative estimate of drug-likeness (QED) is 0.733. The fourth-order valence-electron chi connectivity index (χ4n) is 2.77. The summed E-state index contributed by atoms with van der Waals surface area (Å²) in [5, 5.41) is 5.06. The standard InChI is InChI=1S/C19H18N4O4/c1-2-21-16(24)10-22-17(25)13-3-4-14-15(9-13)19(27)23(18(14)26)11-12-5-7-20-8-6-12/h3-9H,2,10-11H2,1H3,(H,21,24)(H,22,25). The lowest BCUT2D eigenvalue weighted by molar-refractivity contribution is -0.120. The number of amides is 4. The lowest BCUT2D eigenvalue weighted by atomic mass is 10.1. The molecule has 0 radical (unpaired) electrons. The average Bonchev–Trinajstić information content (AvgIpc) is 2.91. The van der Waals surface area contributed by atoms with Crippen LogP contribution in [0.4, 0.5) is 0 Å². The normalized spacial score (nSPS) is 12.7. The van der Waals surface area contributed by atoms with Crippen LogP contribution in [0.5, 0.6) is 0 Å². The van der Waals surface area contributed by atoms with Crippen molar-refractivity contribution in [1.29, 1.82) is 0 Å². The number of benzene rings is 1. The van der Waals surface area contributed by atoms with Gasteiger partial charge in [0, 0.05) is 24.5 Å². The topological polar surface area (TPSA) is 108 Å². The van der Waals surface area contributed by atoms with Crippen molar-refractivity contribution in [3.63, 3.8) is 0 Å². The molecule has 2 aromatic rings. The van der Waals surface area contributed by atoms with Gasteiger partial charge in [0.1, 0.15) is 0 Å². The lowest BCUT2D eigenvalue weighted by Gasteiger charge is -2.13. The van der Waals surface area contributed by atoms with Gasteiger partial charge in [-0.3, -0.25) is 29.1 Å². The molecule has 0 atom stereocenters. The van der Waals surface area contributed by atoms with Crippen molar-refractivity contribution < 1.29 is 19.2 Å². The van der Waals surface area contributed by atoms with Gasteiger partial charge in [-0.05, 0) is 42.8 Å². The number of nitrogens with one attached hydrogen (secondary N) is 2. The van der Waals surface area contributed by atoms with Crippen molar-refractivity contribution in [2.45, 2.75) is 13.5 Å². The monoisotopic (exact) mass is 366 g/mol. The molecule has 2 N–H and O–H groups in total. The van der Waals surface area contributed by atoms with Crippen LogP contribution in [0, 0.1) is 0 Å². The number of carbonyl (C=O) groups excluding carboxylic acids is 4. The maximum Gasteiger partial charge on any atom is 0.261 e. The van der Waals surface area contributed by atoms with Gasteiger partial charge in [0.2, 0.25) is 5.91 Å². The first-order valence-corrected chi connectivity index (χ1v) is 8.45. The number of carbonyl (C=O) groups is 4. The molecular formula is C19H18N4O4. The predicted octanol–water partition coefficient (Wildman–Crippen LogP) is 0.744. The summed E-state index contributed by atoms with van der Waals surface area (Å²) in [5.74, 6) is -1.65. The number of nitrogens with zero attached hydrogens (tertiary/aromatic N) is 2. The molecule has 1 aromatic carbocycles. The Morgan fingerprint density at radius 1 is 1.00 bits per heavy atom. The number of fused-ring (bicyclic) bond motifs is 1. The van der Waals surface area contributed by atoms with E-state index in [1.807, 2.05) is 0 Å². The van der Waals surface area contributed by atoms with E-state index in [9.17, 15) is 19.2 Å². The number of aromatic nitrogens is 1. The maximum absolute atomic E-state index is 12.6. The number of likely N-dealkylation sites (N-methyl/N-ethyl adjacent to an activating group) is 1. The van der Waals surface area contributed by atoms with Crippen LogP contribution in [0.1, 0.15) is 43.6 Å². The minimum absolute atomic E-state index is 0.133. The Kier molecular flexibility index (Phi) is 5.25. The van der Waals surface area contributed by atoms with Gasteiger partial charge in [0.05, 0.1) is 24.2 Å². The second kappa shape index (κ2) is 7.77. The molecule has 0 spiro atoms. The Morgan fingerprint density at radius 3 is 2.41 bits per heavy atom. The van der Waals surface area contributed by atoms with E-state index < -0.39 is 17.7 Å². The molecule has 1 aromatic heterocycles. The Balaban J connectivity index is 1.75. The summed E-state index contributed by atoms with van der Waals surface area (Å²) in [7, 11) is 0. The SMILES string of the molecule is CCNC(=O)CNC(=O)c1ccc2c(c1)C(=O)N(Cc1ccncc1)C2=O. The van der Waals surface area contributed by atoms with Gasteiger partial charge in [-0.1, -0.05) is 0 Å². The summed E-state index contributed by atoms with van der Waals surface area (Å²) < 4.78 is 0. The molecule has 1 aliphatic rings. The van der Waals surface area contributed by atoms with Crippen LogP contribution in [-0.4, -0.2) is 46.6 Å². The highest BCUT2D eigenvalue weighted by molar-refractivity contribution is 6.22. The fourth-order valence-corrected chi connectivity index (χ4v) is 2.77. The second-order valence-corrected chi connectivity index (χ2v) is 5.95. The van der Waals surface area contributed by atoms with Gasteiger partial charge in [-0.15, -0.1) is 0 Å². The van der Waals surface area contributed by atoms with Crippen LogP contribution >= 0.6 is 0 Å². The van der Waals surface area contributed by atoms with E-state index in [4.69, 9.17) is 0 Å². The van der Waals surface area contributed by atoms with E-state index in [1.54, 1.807) is 31.5 Å². The number of rotatable bonds is 6. The predicted molar refractivity (Wildman–Crippen MR) is 95.9 cm³/mol. The second-order valence-electron chi connectivity index (χ2n) is 5.95. The minimum atomic E-state index is -0.489. The average molecular weight is 366 g/mol. The lowest BCUT2D eigenvalue weighted by Crippen LogP contribution is -2.36. The molecule has 27 heavy (non-hydrogen) atoms. The van der Waals surface area contributed by atoms with Gasteiger partial charge in [-0.2, -0.15) is 0 Å². The molecule has 2 heterocycles. The highest BCUT2D eigenvalue weighted by Crippen LogP contribution is 2.25. The van der Waals surface area contributed by atoms with E-state index in [1.165, 1.54) is 18.2 Å². The van der Waals surface area contributed by atoms with Crippen LogP contribution < -0.4 is 10.6 Å². The minimum Gasteiger partial charge on any atom is -0.355 e. The smallest absolute Gasteiger partial charge is 0.261 e. The molecule has 0 saturated heterocycles. The van der Waals surface area contributed by atoms with Crippen LogP contribution in [0.2, 0.25) is 0 Å². The molecule has 0 unspecified atom stereocenters. The number of hydrogen-bond acceptors (Lipinski definition) is 5. The van der Waals surface area contributed by atoms with Gasteiger partial charge >= 0.3 is 0 Å². The molecule has 0 bridgehead atoms. The highest BCUT2D eigenvalue weighted by Gasteiger charge is 2.36. The first-order valence-electron chi connectivity index (χ1n) is 8.45. The third-order valence-corrected chi connectivity index (χ3v) is 4.11. The number of pyridine rings is 1. The number of hydrogen-bond donors (Lipinski definition) is 2. The van der Waals surface area contributed by atoms with Crippen molar-refractivity contribution >= 4 is 23.6 Å². The molecule has 8 nitrogen and oxygen atoms in total. The molecular weight excluding hydrogens is 348 g/mol. The highest BCUT2D eigenvalue weighted by atomic mass is 16.2. The summed E-state index contributed by atoms with van der Waals surface area (Å²) in [5.41, 5.74) is 1.43. The Morgan fingerprint density at radius 2 is 1.70 bits per heavy atom. The van der Waals surface area contributed by atoms with Crippen LogP contribution in [0.3, 0.4) is 0 Å².